The zero-order valence-corrected chi connectivity index (χ0v) is 17.5. The first-order valence-electron chi connectivity index (χ1n) is 10.3. The van der Waals surface area contributed by atoms with Gasteiger partial charge in [-0.25, -0.2) is 4.98 Å². The van der Waals surface area contributed by atoms with Crippen LogP contribution in [0.2, 0.25) is 0 Å². The fourth-order valence-electron chi connectivity index (χ4n) is 3.89. The van der Waals surface area contributed by atoms with E-state index in [1.165, 1.54) is 21.9 Å². The van der Waals surface area contributed by atoms with Gasteiger partial charge in [0.25, 0.3) is 0 Å². The van der Waals surface area contributed by atoms with E-state index in [0.29, 0.717) is 5.95 Å². The van der Waals surface area contributed by atoms with Crippen molar-refractivity contribution in [3.63, 3.8) is 0 Å². The molecule has 0 aliphatic heterocycles. The number of nitrogens with zero attached hydrogens (tertiary/aromatic N) is 2. The monoisotopic (exact) mass is 412 g/mol. The molecule has 0 amide bonds. The van der Waals surface area contributed by atoms with Gasteiger partial charge in [0.15, 0.2) is 0 Å². The van der Waals surface area contributed by atoms with E-state index in [2.05, 4.69) is 61.8 Å². The first kappa shape index (κ1) is 19.0. The molecule has 31 heavy (non-hydrogen) atoms. The first-order valence-corrected chi connectivity index (χ1v) is 10.3. The topological polar surface area (TPSA) is 90.6 Å². The molecule has 0 fully saturated rings. The molecular weight excluding hydrogens is 388 g/mol. The molecule has 3 heterocycles. The lowest BCUT2D eigenvalue weighted by Gasteiger charge is -2.10. The molecule has 0 aliphatic carbocycles. The summed E-state index contributed by atoms with van der Waals surface area (Å²) in [6.07, 6.45) is 6.61. The number of aryl methyl sites for hydroxylation is 1. The Hall–Kier alpha value is -4.00. The van der Waals surface area contributed by atoms with Gasteiger partial charge < -0.3 is 25.3 Å². The smallest absolute Gasteiger partial charge is 0.224 e. The fraction of sp³-hybridized carbons (Fsp3) is 0.167. The van der Waals surface area contributed by atoms with Crippen molar-refractivity contribution in [1.29, 1.82) is 0 Å². The second kappa shape index (κ2) is 8.02. The van der Waals surface area contributed by atoms with Crippen LogP contribution in [0.3, 0.4) is 0 Å². The van der Waals surface area contributed by atoms with Crippen LogP contribution in [-0.2, 0) is 6.42 Å². The summed E-state index contributed by atoms with van der Waals surface area (Å²) in [5.74, 6) is 2.21. The fourth-order valence-corrected chi connectivity index (χ4v) is 3.89. The number of hydrogen-bond acceptors (Lipinski definition) is 5. The number of H-pyrrole nitrogens is 2. The maximum absolute atomic E-state index is 5.35. The molecule has 0 unspecified atom stereocenters. The molecule has 0 atom stereocenters. The van der Waals surface area contributed by atoms with Crippen molar-refractivity contribution in [2.24, 2.45) is 0 Å². The number of benzene rings is 2. The summed E-state index contributed by atoms with van der Waals surface area (Å²) in [5.41, 5.74) is 5.68. The van der Waals surface area contributed by atoms with Crippen LogP contribution in [0.5, 0.6) is 5.75 Å². The molecule has 5 rings (SSSR count). The number of aromatic amines is 2. The molecule has 5 aromatic rings. The standard InChI is InChI=1S/C24H24N6O/c1-15-11-18(12-16-5-8-25-23(15)16)29-22-7-10-27-24(30-22)26-9-6-17-14-28-21-4-3-19(31-2)13-20(17)21/h3-5,7-8,10-14,25,28H,6,9H2,1-2H3,(H2,26,27,29,30). The summed E-state index contributed by atoms with van der Waals surface area (Å²) < 4.78 is 5.35. The third-order valence-corrected chi connectivity index (χ3v) is 5.44. The average molecular weight is 412 g/mol. The van der Waals surface area contributed by atoms with Crippen LogP contribution >= 0.6 is 0 Å². The Labute approximate surface area is 179 Å². The molecule has 4 N–H and O–H groups in total. The van der Waals surface area contributed by atoms with Gasteiger partial charge in [0.2, 0.25) is 5.95 Å². The lowest BCUT2D eigenvalue weighted by Crippen LogP contribution is -2.08. The highest BCUT2D eigenvalue weighted by Crippen LogP contribution is 2.25. The van der Waals surface area contributed by atoms with Crippen molar-refractivity contribution in [2.75, 3.05) is 24.3 Å². The Morgan fingerprint density at radius 3 is 2.90 bits per heavy atom. The maximum Gasteiger partial charge on any atom is 0.224 e. The molecule has 0 radical (unpaired) electrons. The molecule has 7 nitrogen and oxygen atoms in total. The molecule has 156 valence electrons. The van der Waals surface area contributed by atoms with Gasteiger partial charge >= 0.3 is 0 Å². The van der Waals surface area contributed by atoms with Gasteiger partial charge in [0, 0.05) is 52.6 Å². The summed E-state index contributed by atoms with van der Waals surface area (Å²) in [7, 11) is 1.69. The number of hydrogen-bond donors (Lipinski definition) is 4. The first-order chi connectivity index (χ1) is 15.2. The zero-order valence-electron chi connectivity index (χ0n) is 17.5. The minimum absolute atomic E-state index is 0.599. The van der Waals surface area contributed by atoms with E-state index < -0.39 is 0 Å². The minimum Gasteiger partial charge on any atom is -0.497 e. The van der Waals surface area contributed by atoms with Gasteiger partial charge in [0.05, 0.1) is 7.11 Å². The van der Waals surface area contributed by atoms with E-state index in [9.17, 15) is 0 Å². The van der Waals surface area contributed by atoms with E-state index in [4.69, 9.17) is 4.74 Å². The van der Waals surface area contributed by atoms with Crippen LogP contribution in [0.1, 0.15) is 11.1 Å². The van der Waals surface area contributed by atoms with Crippen LogP contribution in [0.4, 0.5) is 17.5 Å². The maximum atomic E-state index is 5.35. The van der Waals surface area contributed by atoms with Gasteiger partial charge in [-0.15, -0.1) is 0 Å². The van der Waals surface area contributed by atoms with Gasteiger partial charge in [-0.3, -0.25) is 0 Å². The van der Waals surface area contributed by atoms with Crippen LogP contribution in [-0.4, -0.2) is 33.6 Å². The largest absolute Gasteiger partial charge is 0.497 e. The lowest BCUT2D eigenvalue weighted by molar-refractivity contribution is 0.415. The molecule has 2 aromatic carbocycles. The van der Waals surface area contributed by atoms with Crippen molar-refractivity contribution in [3.05, 3.63) is 72.2 Å². The van der Waals surface area contributed by atoms with Gasteiger partial charge in [-0.05, 0) is 66.9 Å². The van der Waals surface area contributed by atoms with E-state index in [0.717, 1.165) is 41.3 Å². The SMILES string of the molecule is COc1ccc2[nH]cc(CCNc3nccc(Nc4cc(C)c5[nH]ccc5c4)n3)c2c1. The van der Waals surface area contributed by atoms with Crippen molar-refractivity contribution >= 4 is 39.3 Å². The summed E-state index contributed by atoms with van der Waals surface area (Å²) in [4.78, 5) is 15.5. The Bertz CT molecular complexity index is 1350. The molecule has 0 saturated carbocycles. The number of aromatic nitrogens is 4. The van der Waals surface area contributed by atoms with E-state index in [1.54, 1.807) is 13.3 Å². The Morgan fingerprint density at radius 1 is 1.06 bits per heavy atom. The van der Waals surface area contributed by atoms with Crippen molar-refractivity contribution in [3.8, 4) is 5.75 Å². The summed E-state index contributed by atoms with van der Waals surface area (Å²) in [6.45, 7) is 2.82. The third-order valence-electron chi connectivity index (χ3n) is 5.44. The van der Waals surface area contributed by atoms with Gasteiger partial charge in [0.1, 0.15) is 11.6 Å². The number of anilines is 3. The molecule has 3 aromatic heterocycles. The second-order valence-electron chi connectivity index (χ2n) is 7.53. The number of methoxy groups -OCH3 is 1. The van der Waals surface area contributed by atoms with Crippen molar-refractivity contribution in [1.82, 2.24) is 19.9 Å². The molecule has 0 spiro atoms. The summed E-state index contributed by atoms with van der Waals surface area (Å²) in [6, 6.07) is 14.2. The summed E-state index contributed by atoms with van der Waals surface area (Å²) in [5, 5.41) is 9.06. The molecule has 0 saturated heterocycles. The Morgan fingerprint density at radius 2 is 2.00 bits per heavy atom. The highest BCUT2D eigenvalue weighted by molar-refractivity contribution is 5.87. The van der Waals surface area contributed by atoms with Crippen LogP contribution in [0.25, 0.3) is 21.8 Å². The van der Waals surface area contributed by atoms with Gasteiger partial charge in [-0.2, -0.15) is 4.98 Å². The van der Waals surface area contributed by atoms with Crippen molar-refractivity contribution < 1.29 is 4.74 Å². The van der Waals surface area contributed by atoms with Crippen LogP contribution in [0, 0.1) is 6.92 Å². The second-order valence-corrected chi connectivity index (χ2v) is 7.53. The quantitative estimate of drug-likeness (QED) is 0.297. The molecular formula is C24H24N6O. The number of nitrogens with one attached hydrogen (secondary N) is 4. The highest BCUT2D eigenvalue weighted by atomic mass is 16.5. The van der Waals surface area contributed by atoms with Crippen molar-refractivity contribution in [2.45, 2.75) is 13.3 Å². The number of rotatable bonds is 7. The lowest BCUT2D eigenvalue weighted by atomic mass is 10.1. The highest BCUT2D eigenvalue weighted by Gasteiger charge is 2.07. The zero-order chi connectivity index (χ0) is 21.2. The molecule has 0 bridgehead atoms. The van der Waals surface area contributed by atoms with E-state index in [1.807, 2.05) is 30.6 Å². The normalized spacial score (nSPS) is 11.2. The van der Waals surface area contributed by atoms with Crippen LogP contribution < -0.4 is 15.4 Å². The van der Waals surface area contributed by atoms with Gasteiger partial charge in [-0.1, -0.05) is 0 Å². The van der Waals surface area contributed by atoms with E-state index in [-0.39, 0.29) is 0 Å². The Kier molecular flexibility index (Phi) is 4.92. The average Bonchev–Trinajstić information content (AvgIpc) is 3.41. The third kappa shape index (κ3) is 3.90. The number of fused-ring (bicyclic) bond motifs is 2. The van der Waals surface area contributed by atoms with E-state index >= 15 is 0 Å². The summed E-state index contributed by atoms with van der Waals surface area (Å²) >= 11 is 0. The number of ether oxygens (including phenoxy) is 1. The molecule has 0 aliphatic rings. The molecule has 7 heteroatoms. The predicted octanol–water partition coefficient (Wildman–Crippen LogP) is 5.15. The van der Waals surface area contributed by atoms with Crippen LogP contribution in [0.15, 0.2) is 61.1 Å². The predicted molar refractivity (Wildman–Crippen MR) is 125 cm³/mol. The minimum atomic E-state index is 0.599. The Balaban J connectivity index is 1.26.